The van der Waals surface area contributed by atoms with Crippen molar-refractivity contribution in [2.24, 2.45) is 10.7 Å². The van der Waals surface area contributed by atoms with E-state index in [2.05, 4.69) is 32.9 Å². The Kier molecular flexibility index (Phi) is 3.33. The summed E-state index contributed by atoms with van der Waals surface area (Å²) in [7, 11) is 1.65. The maximum absolute atomic E-state index is 5.48. The van der Waals surface area contributed by atoms with E-state index in [0.717, 1.165) is 5.69 Å². The lowest BCUT2D eigenvalue weighted by atomic mass is 10.3. The SMILES string of the molecule is CN=C(N)Nc1ccc(I)cc1. The summed E-state index contributed by atoms with van der Waals surface area (Å²) in [5.74, 6) is 0.427. The van der Waals surface area contributed by atoms with Crippen LogP contribution in [-0.4, -0.2) is 13.0 Å². The average Bonchev–Trinajstić information content (AvgIpc) is 2.09. The summed E-state index contributed by atoms with van der Waals surface area (Å²) in [5, 5.41) is 2.94. The van der Waals surface area contributed by atoms with Crippen LogP contribution in [0.25, 0.3) is 0 Å². The van der Waals surface area contributed by atoms with E-state index in [9.17, 15) is 0 Å². The Morgan fingerprint density at radius 2 is 2.00 bits per heavy atom. The molecule has 3 N–H and O–H groups in total. The normalized spacial score (nSPS) is 11.3. The van der Waals surface area contributed by atoms with Crippen LogP contribution in [0.3, 0.4) is 0 Å². The third-order valence-corrected chi connectivity index (χ3v) is 2.08. The summed E-state index contributed by atoms with van der Waals surface area (Å²) in [6, 6.07) is 7.93. The number of aliphatic imine (C=N–C) groups is 1. The highest BCUT2D eigenvalue weighted by atomic mass is 127. The molecule has 4 heteroatoms. The van der Waals surface area contributed by atoms with Gasteiger partial charge < -0.3 is 11.1 Å². The number of halogens is 1. The number of nitrogens with one attached hydrogen (secondary N) is 1. The maximum Gasteiger partial charge on any atom is 0.192 e. The standard InChI is InChI=1S/C8H10IN3/c1-11-8(10)12-7-4-2-6(9)3-5-7/h2-5H,1H3,(H3,10,11,12). The van der Waals surface area contributed by atoms with E-state index in [0.29, 0.717) is 5.96 Å². The molecule has 64 valence electrons. The molecule has 12 heavy (non-hydrogen) atoms. The first-order valence-corrected chi connectivity index (χ1v) is 4.55. The number of hydrogen-bond donors (Lipinski definition) is 2. The van der Waals surface area contributed by atoms with Gasteiger partial charge >= 0.3 is 0 Å². The summed E-state index contributed by atoms with van der Waals surface area (Å²) in [6.45, 7) is 0. The molecule has 0 aliphatic carbocycles. The third-order valence-electron chi connectivity index (χ3n) is 1.36. The number of benzene rings is 1. The molecule has 0 saturated heterocycles. The quantitative estimate of drug-likeness (QED) is 0.465. The molecular formula is C8H10IN3. The van der Waals surface area contributed by atoms with Crippen LogP contribution < -0.4 is 11.1 Å². The fourth-order valence-electron chi connectivity index (χ4n) is 0.737. The first-order valence-electron chi connectivity index (χ1n) is 3.47. The lowest BCUT2D eigenvalue weighted by Gasteiger charge is -2.03. The monoisotopic (exact) mass is 275 g/mol. The number of nitrogens with zero attached hydrogens (tertiary/aromatic N) is 1. The zero-order chi connectivity index (χ0) is 8.97. The number of nitrogens with two attached hydrogens (primary N) is 1. The fourth-order valence-corrected chi connectivity index (χ4v) is 1.10. The van der Waals surface area contributed by atoms with Crippen LogP contribution in [0.2, 0.25) is 0 Å². The van der Waals surface area contributed by atoms with Crippen LogP contribution in [0.4, 0.5) is 5.69 Å². The van der Waals surface area contributed by atoms with Crippen molar-refractivity contribution in [3.8, 4) is 0 Å². The smallest absolute Gasteiger partial charge is 0.192 e. The molecule has 3 nitrogen and oxygen atoms in total. The summed E-state index contributed by atoms with van der Waals surface area (Å²) in [5.41, 5.74) is 6.44. The van der Waals surface area contributed by atoms with Gasteiger partial charge in [0, 0.05) is 16.3 Å². The minimum absolute atomic E-state index is 0.427. The molecule has 0 aliphatic rings. The van der Waals surface area contributed by atoms with E-state index < -0.39 is 0 Å². The van der Waals surface area contributed by atoms with Crippen molar-refractivity contribution < 1.29 is 0 Å². The summed E-state index contributed by atoms with van der Waals surface area (Å²) in [6.07, 6.45) is 0. The van der Waals surface area contributed by atoms with Gasteiger partial charge in [-0.2, -0.15) is 0 Å². The molecule has 1 aromatic carbocycles. The highest BCUT2D eigenvalue weighted by molar-refractivity contribution is 14.1. The van der Waals surface area contributed by atoms with E-state index in [-0.39, 0.29) is 0 Å². The predicted octanol–water partition coefficient (Wildman–Crippen LogP) is 1.65. The molecule has 0 heterocycles. The fraction of sp³-hybridized carbons (Fsp3) is 0.125. The zero-order valence-corrected chi connectivity index (χ0v) is 8.87. The van der Waals surface area contributed by atoms with Gasteiger partial charge in [-0.25, -0.2) is 0 Å². The molecule has 0 atom stereocenters. The minimum Gasteiger partial charge on any atom is -0.370 e. The Morgan fingerprint density at radius 3 is 2.50 bits per heavy atom. The van der Waals surface area contributed by atoms with Crippen LogP contribution in [0.15, 0.2) is 29.3 Å². The molecular weight excluding hydrogens is 265 g/mol. The molecule has 0 spiro atoms. The number of hydrogen-bond acceptors (Lipinski definition) is 1. The molecule has 0 radical (unpaired) electrons. The van der Waals surface area contributed by atoms with E-state index in [1.165, 1.54) is 3.57 Å². The van der Waals surface area contributed by atoms with Gasteiger partial charge in [-0.1, -0.05) is 0 Å². The number of rotatable bonds is 1. The second-order valence-corrected chi connectivity index (χ2v) is 3.49. The third kappa shape index (κ3) is 2.69. The van der Waals surface area contributed by atoms with Gasteiger partial charge in [0.15, 0.2) is 5.96 Å². The highest BCUT2D eigenvalue weighted by Gasteiger charge is 1.92. The van der Waals surface area contributed by atoms with Gasteiger partial charge in [0.1, 0.15) is 0 Å². The largest absolute Gasteiger partial charge is 0.370 e. The molecule has 0 aliphatic heterocycles. The van der Waals surface area contributed by atoms with Crippen molar-refractivity contribution in [3.05, 3.63) is 27.8 Å². The maximum atomic E-state index is 5.48. The lowest BCUT2D eigenvalue weighted by molar-refractivity contribution is 1.38. The van der Waals surface area contributed by atoms with Gasteiger partial charge in [-0.3, -0.25) is 4.99 Å². The Hall–Kier alpha value is -0.780. The molecule has 0 aromatic heterocycles. The van der Waals surface area contributed by atoms with Crippen molar-refractivity contribution in [1.82, 2.24) is 0 Å². The van der Waals surface area contributed by atoms with E-state index in [1.54, 1.807) is 7.05 Å². The first-order chi connectivity index (χ1) is 5.72. The van der Waals surface area contributed by atoms with Gasteiger partial charge in [0.25, 0.3) is 0 Å². The van der Waals surface area contributed by atoms with Crippen molar-refractivity contribution in [2.45, 2.75) is 0 Å². The molecule has 0 fully saturated rings. The number of guanidine groups is 1. The molecule has 0 bridgehead atoms. The van der Waals surface area contributed by atoms with Crippen molar-refractivity contribution in [1.29, 1.82) is 0 Å². The van der Waals surface area contributed by atoms with Gasteiger partial charge in [0.05, 0.1) is 0 Å². The molecule has 1 aromatic rings. The Bertz CT molecular complexity index is 279. The summed E-state index contributed by atoms with van der Waals surface area (Å²) in [4.78, 5) is 3.79. The van der Waals surface area contributed by atoms with E-state index in [4.69, 9.17) is 5.73 Å². The van der Waals surface area contributed by atoms with Gasteiger partial charge in [-0.15, -0.1) is 0 Å². The van der Waals surface area contributed by atoms with Crippen LogP contribution in [0, 0.1) is 3.57 Å². The van der Waals surface area contributed by atoms with Gasteiger partial charge in [-0.05, 0) is 46.9 Å². The Morgan fingerprint density at radius 1 is 1.42 bits per heavy atom. The van der Waals surface area contributed by atoms with Crippen LogP contribution in [0.1, 0.15) is 0 Å². The lowest BCUT2D eigenvalue weighted by Crippen LogP contribution is -2.21. The zero-order valence-electron chi connectivity index (χ0n) is 6.71. The Labute approximate surface area is 85.2 Å². The van der Waals surface area contributed by atoms with Crippen LogP contribution in [0.5, 0.6) is 0 Å². The van der Waals surface area contributed by atoms with Crippen molar-refractivity contribution >= 4 is 34.2 Å². The number of anilines is 1. The minimum atomic E-state index is 0.427. The molecule has 1 rings (SSSR count). The molecule has 0 amide bonds. The average molecular weight is 275 g/mol. The van der Waals surface area contributed by atoms with E-state index in [1.807, 2.05) is 24.3 Å². The van der Waals surface area contributed by atoms with Crippen molar-refractivity contribution in [3.63, 3.8) is 0 Å². The van der Waals surface area contributed by atoms with Crippen LogP contribution >= 0.6 is 22.6 Å². The Balaban J connectivity index is 2.71. The highest BCUT2D eigenvalue weighted by Crippen LogP contribution is 2.10. The second kappa shape index (κ2) is 4.30. The van der Waals surface area contributed by atoms with Crippen molar-refractivity contribution in [2.75, 3.05) is 12.4 Å². The summed E-state index contributed by atoms with van der Waals surface area (Å²) >= 11 is 2.25. The predicted molar refractivity (Wildman–Crippen MR) is 60.3 cm³/mol. The second-order valence-electron chi connectivity index (χ2n) is 2.24. The molecule has 0 saturated carbocycles. The topological polar surface area (TPSA) is 50.4 Å². The van der Waals surface area contributed by atoms with E-state index >= 15 is 0 Å². The summed E-state index contributed by atoms with van der Waals surface area (Å²) < 4.78 is 1.20. The molecule has 0 unspecified atom stereocenters. The van der Waals surface area contributed by atoms with Crippen LogP contribution in [-0.2, 0) is 0 Å². The van der Waals surface area contributed by atoms with Gasteiger partial charge in [0.2, 0.25) is 0 Å². The first kappa shape index (κ1) is 9.31.